The van der Waals surface area contributed by atoms with Crippen LogP contribution in [0.15, 0.2) is 35.5 Å². The Morgan fingerprint density at radius 2 is 1.88 bits per heavy atom. The van der Waals surface area contributed by atoms with Gasteiger partial charge in [0.25, 0.3) is 5.91 Å². The molecular formula is C29H37N9O2. The molecule has 1 N–H and O–H groups in total. The zero-order valence-electron chi connectivity index (χ0n) is 23.7. The summed E-state index contributed by atoms with van der Waals surface area (Å²) < 4.78 is 7.88. The van der Waals surface area contributed by atoms with E-state index in [4.69, 9.17) is 4.74 Å². The maximum absolute atomic E-state index is 13.5. The summed E-state index contributed by atoms with van der Waals surface area (Å²) in [4.78, 5) is 34.1. The summed E-state index contributed by atoms with van der Waals surface area (Å²) in [5.74, 6) is 1.58. The first-order valence-corrected chi connectivity index (χ1v) is 14.1. The number of rotatable bonds is 2. The number of aromatic nitrogens is 4. The average Bonchev–Trinajstić information content (AvgIpc) is 3.46. The van der Waals surface area contributed by atoms with Crippen molar-refractivity contribution in [1.29, 1.82) is 0 Å². The smallest absolute Gasteiger partial charge is 0.298 e. The lowest BCUT2D eigenvalue weighted by molar-refractivity contribution is 0.0997. The molecule has 3 aliphatic heterocycles. The number of amides is 1. The lowest BCUT2D eigenvalue weighted by Gasteiger charge is -2.32. The van der Waals surface area contributed by atoms with Gasteiger partial charge in [-0.2, -0.15) is 10.1 Å². The van der Waals surface area contributed by atoms with Crippen molar-refractivity contribution >= 4 is 23.2 Å². The second-order valence-electron chi connectivity index (χ2n) is 11.2. The van der Waals surface area contributed by atoms with Crippen molar-refractivity contribution in [3.63, 3.8) is 0 Å². The molecule has 2 bridgehead atoms. The molecule has 3 aromatic rings. The van der Waals surface area contributed by atoms with Gasteiger partial charge in [-0.1, -0.05) is 13.0 Å². The van der Waals surface area contributed by atoms with E-state index in [1.54, 1.807) is 23.9 Å². The molecule has 0 spiro atoms. The number of anilines is 2. The van der Waals surface area contributed by atoms with Crippen LogP contribution in [0.4, 0.5) is 11.4 Å². The number of likely N-dealkylation sites (N-methyl/N-ethyl adjacent to an activating group) is 1. The molecule has 5 heterocycles. The van der Waals surface area contributed by atoms with Gasteiger partial charge in [-0.25, -0.2) is 14.6 Å². The van der Waals surface area contributed by atoms with Crippen molar-refractivity contribution in [2.75, 3.05) is 56.6 Å². The number of hydrogen-bond acceptors (Lipinski definition) is 9. The summed E-state index contributed by atoms with van der Waals surface area (Å²) in [5.41, 5.74) is 4.85. The molecule has 6 rings (SSSR count). The lowest BCUT2D eigenvalue weighted by atomic mass is 10.0. The molecule has 0 radical (unpaired) electrons. The number of nitrogens with one attached hydrogen (secondary N) is 1. The topological polar surface area (TPSA) is 104 Å². The number of carbonyl (C=O) groups excluding carboxylic acids is 1. The summed E-state index contributed by atoms with van der Waals surface area (Å²) in [6.07, 6.45) is 3.57. The van der Waals surface area contributed by atoms with Crippen LogP contribution in [-0.4, -0.2) is 87.8 Å². The largest absolute Gasteiger partial charge is 0.477 e. The van der Waals surface area contributed by atoms with E-state index < -0.39 is 5.91 Å². The van der Waals surface area contributed by atoms with Gasteiger partial charge >= 0.3 is 0 Å². The molecule has 1 fully saturated rings. The fraction of sp³-hybridized carbons (Fsp3) is 0.483. The Morgan fingerprint density at radius 1 is 1.07 bits per heavy atom. The molecule has 1 atom stereocenters. The average molecular weight is 544 g/mol. The second-order valence-corrected chi connectivity index (χ2v) is 11.2. The van der Waals surface area contributed by atoms with E-state index >= 15 is 0 Å². The van der Waals surface area contributed by atoms with Crippen LogP contribution >= 0.6 is 0 Å². The van der Waals surface area contributed by atoms with Crippen molar-refractivity contribution in [3.05, 3.63) is 47.5 Å². The highest BCUT2D eigenvalue weighted by molar-refractivity contribution is 6.19. The minimum atomic E-state index is -0.418. The zero-order chi connectivity index (χ0) is 27.8. The van der Waals surface area contributed by atoms with Crippen LogP contribution in [0.3, 0.4) is 0 Å². The van der Waals surface area contributed by atoms with Crippen molar-refractivity contribution in [2.24, 2.45) is 18.0 Å². The van der Waals surface area contributed by atoms with Gasteiger partial charge in [-0.3, -0.25) is 9.69 Å². The molecule has 1 aromatic carbocycles. The van der Waals surface area contributed by atoms with Crippen LogP contribution in [0, 0.1) is 12.8 Å². The Bertz CT molecular complexity index is 1440. The van der Waals surface area contributed by atoms with Crippen molar-refractivity contribution < 1.29 is 9.53 Å². The molecular weight excluding hydrogens is 506 g/mol. The SMILES string of the molecule is Cc1nc2cc(n1)-c1cnn(C)c1OCCCC(C)CN1/C(=N/C2=O)Nc2ccc(CN3CCN(C)CC3)cc21. The van der Waals surface area contributed by atoms with Crippen LogP contribution in [0.2, 0.25) is 0 Å². The van der Waals surface area contributed by atoms with Gasteiger partial charge in [0.2, 0.25) is 11.8 Å². The number of carbonyl (C=O) groups is 1. The fourth-order valence-corrected chi connectivity index (χ4v) is 5.59. The first kappa shape index (κ1) is 26.4. The van der Waals surface area contributed by atoms with E-state index in [1.807, 2.05) is 7.05 Å². The number of fused-ring (bicyclic) bond motifs is 7. The van der Waals surface area contributed by atoms with Crippen LogP contribution in [0.1, 0.15) is 41.6 Å². The molecule has 11 heteroatoms. The van der Waals surface area contributed by atoms with E-state index in [2.05, 4.69) is 72.2 Å². The Balaban J connectivity index is 1.34. The number of piperazine rings is 1. The molecule has 40 heavy (non-hydrogen) atoms. The van der Waals surface area contributed by atoms with E-state index in [0.29, 0.717) is 35.9 Å². The molecule has 1 unspecified atom stereocenters. The summed E-state index contributed by atoms with van der Waals surface area (Å²) >= 11 is 0. The van der Waals surface area contributed by atoms with Gasteiger partial charge in [0.05, 0.1) is 35.4 Å². The van der Waals surface area contributed by atoms with E-state index in [9.17, 15) is 4.79 Å². The Kier molecular flexibility index (Phi) is 7.24. The normalized spacial score (nSPS) is 21.7. The molecule has 210 valence electrons. The number of benzene rings is 1. The molecule has 0 aliphatic carbocycles. The van der Waals surface area contributed by atoms with E-state index in [-0.39, 0.29) is 5.69 Å². The number of aliphatic imine (C=N–C) groups is 1. The third-order valence-electron chi connectivity index (χ3n) is 7.86. The van der Waals surface area contributed by atoms with Crippen LogP contribution in [0.25, 0.3) is 11.3 Å². The van der Waals surface area contributed by atoms with E-state index in [0.717, 1.165) is 69.0 Å². The Labute approximate surface area is 234 Å². The molecule has 1 amide bonds. The van der Waals surface area contributed by atoms with E-state index in [1.165, 1.54) is 5.56 Å². The van der Waals surface area contributed by atoms with Crippen LogP contribution < -0.4 is 15.0 Å². The predicted octanol–water partition coefficient (Wildman–Crippen LogP) is 3.17. The Hall–Kier alpha value is -3.83. The Morgan fingerprint density at radius 3 is 2.70 bits per heavy atom. The molecule has 11 nitrogen and oxygen atoms in total. The summed E-state index contributed by atoms with van der Waals surface area (Å²) in [6, 6.07) is 8.19. The van der Waals surface area contributed by atoms with Crippen LogP contribution in [0.5, 0.6) is 5.88 Å². The zero-order valence-corrected chi connectivity index (χ0v) is 23.7. The van der Waals surface area contributed by atoms with Gasteiger partial charge < -0.3 is 19.9 Å². The molecule has 0 saturated carbocycles. The first-order valence-electron chi connectivity index (χ1n) is 14.1. The summed E-state index contributed by atoms with van der Waals surface area (Å²) in [7, 11) is 4.02. The molecule has 1 saturated heterocycles. The summed E-state index contributed by atoms with van der Waals surface area (Å²) in [5, 5.41) is 7.78. The lowest BCUT2D eigenvalue weighted by Crippen LogP contribution is -2.43. The minimum absolute atomic E-state index is 0.237. The molecule has 3 aliphatic rings. The maximum atomic E-state index is 13.5. The number of ether oxygens (including phenoxy) is 1. The highest BCUT2D eigenvalue weighted by Gasteiger charge is 2.29. The van der Waals surface area contributed by atoms with Gasteiger partial charge in [0.15, 0.2) is 0 Å². The fourth-order valence-electron chi connectivity index (χ4n) is 5.59. The highest BCUT2D eigenvalue weighted by atomic mass is 16.5. The number of hydrogen-bond donors (Lipinski definition) is 1. The van der Waals surface area contributed by atoms with Gasteiger partial charge in [-0.15, -0.1) is 0 Å². The van der Waals surface area contributed by atoms with Gasteiger partial charge in [0, 0.05) is 46.3 Å². The third-order valence-corrected chi connectivity index (χ3v) is 7.86. The van der Waals surface area contributed by atoms with Gasteiger partial charge in [-0.05, 0) is 56.5 Å². The quantitative estimate of drug-likeness (QED) is 0.522. The number of nitrogens with zero attached hydrogens (tertiary/aromatic N) is 8. The van der Waals surface area contributed by atoms with Crippen molar-refractivity contribution in [2.45, 2.75) is 33.2 Å². The van der Waals surface area contributed by atoms with Gasteiger partial charge in [0.1, 0.15) is 11.5 Å². The van der Waals surface area contributed by atoms with Crippen molar-refractivity contribution in [1.82, 2.24) is 29.5 Å². The summed E-state index contributed by atoms with van der Waals surface area (Å²) in [6.45, 7) is 10.5. The molecule has 2 aromatic heterocycles. The monoisotopic (exact) mass is 543 g/mol. The second kappa shape index (κ2) is 11.0. The highest BCUT2D eigenvalue weighted by Crippen LogP contribution is 2.35. The van der Waals surface area contributed by atoms with Crippen LogP contribution in [-0.2, 0) is 13.6 Å². The number of aryl methyl sites for hydroxylation is 2. The standard InChI is InChI=1S/C29H37N9O2/c1-19-6-5-13-40-28-22(16-30-36(28)4)24-15-25(32-20(2)31-24)27(39)34-29-33-23-8-7-21(14-26(23)38(29)17-19)18-37-11-9-35(3)10-12-37/h7-8,14-16,19H,5-6,9-13,17-18H2,1-4H3,(H,33,34,39). The predicted molar refractivity (Wildman–Crippen MR) is 155 cm³/mol. The van der Waals surface area contributed by atoms with Crippen molar-refractivity contribution in [3.8, 4) is 17.1 Å². The first-order chi connectivity index (χ1) is 19.3. The maximum Gasteiger partial charge on any atom is 0.298 e. The minimum Gasteiger partial charge on any atom is -0.477 e. The third kappa shape index (κ3) is 5.44. The number of guanidine groups is 1.